The Balaban J connectivity index is 1.87. The third-order valence-corrected chi connectivity index (χ3v) is 4.02. The number of hydrogen-bond acceptors (Lipinski definition) is 2. The number of benzene rings is 1. The van der Waals surface area contributed by atoms with Gasteiger partial charge in [0.2, 0.25) is 0 Å². The molecule has 1 aliphatic heterocycles. The molecule has 1 spiro atoms. The summed E-state index contributed by atoms with van der Waals surface area (Å²) >= 11 is 3.46. The maximum Gasteiger partial charge on any atom is 0.251 e. The van der Waals surface area contributed by atoms with Gasteiger partial charge in [-0.25, -0.2) is 0 Å². The van der Waals surface area contributed by atoms with E-state index in [0.717, 1.165) is 29.7 Å². The Morgan fingerprint density at radius 2 is 1.81 bits per heavy atom. The number of alkyl halides is 1. The van der Waals surface area contributed by atoms with Crippen molar-refractivity contribution >= 4 is 15.9 Å². The Labute approximate surface area is 104 Å². The minimum atomic E-state index is -0.342. The highest BCUT2D eigenvalue weighted by Crippen LogP contribution is 2.45. The zero-order valence-electron chi connectivity index (χ0n) is 9.17. The average Bonchev–Trinajstić information content (AvgIpc) is 2.66. The lowest BCUT2D eigenvalue weighted by Crippen LogP contribution is -2.40. The van der Waals surface area contributed by atoms with E-state index in [1.807, 2.05) is 6.07 Å². The number of hydrogen-bond donors (Lipinski definition) is 0. The first-order valence-corrected chi connectivity index (χ1v) is 7.00. The molecular weight excluding hydrogens is 268 g/mol. The van der Waals surface area contributed by atoms with Crippen LogP contribution in [-0.4, -0.2) is 5.79 Å². The largest absolute Gasteiger partial charge is 0.448 e. The van der Waals surface area contributed by atoms with Gasteiger partial charge in [0.25, 0.3) is 5.79 Å². The Hall–Kier alpha value is -0.700. The standard InChI is InChI=1S/C13H15BrO2/c14-9-10-4-5-11-12(8-10)16-13(15-11)6-2-1-3-7-13/h4-5,8H,1-3,6-7,9H2. The Kier molecular flexibility index (Phi) is 2.58. The number of ether oxygens (including phenoxy) is 2. The second-order valence-corrected chi connectivity index (χ2v) is 5.15. The zero-order chi connectivity index (χ0) is 11.0. The van der Waals surface area contributed by atoms with Crippen molar-refractivity contribution < 1.29 is 9.47 Å². The lowest BCUT2D eigenvalue weighted by molar-refractivity contribution is -0.105. The van der Waals surface area contributed by atoms with E-state index in [0.29, 0.717) is 0 Å². The van der Waals surface area contributed by atoms with Gasteiger partial charge in [-0.3, -0.25) is 0 Å². The molecule has 3 heteroatoms. The summed E-state index contributed by atoms with van der Waals surface area (Å²) in [5.41, 5.74) is 1.23. The van der Waals surface area contributed by atoms with Crippen LogP contribution >= 0.6 is 15.9 Å². The van der Waals surface area contributed by atoms with Gasteiger partial charge in [0, 0.05) is 18.2 Å². The van der Waals surface area contributed by atoms with Gasteiger partial charge in [0.1, 0.15) is 0 Å². The summed E-state index contributed by atoms with van der Waals surface area (Å²) in [7, 11) is 0. The van der Waals surface area contributed by atoms with Crippen molar-refractivity contribution in [3.63, 3.8) is 0 Å². The van der Waals surface area contributed by atoms with Crippen LogP contribution in [0.4, 0.5) is 0 Å². The van der Waals surface area contributed by atoms with Crippen LogP contribution < -0.4 is 9.47 Å². The molecule has 86 valence electrons. The van der Waals surface area contributed by atoms with E-state index in [9.17, 15) is 0 Å². The van der Waals surface area contributed by atoms with Crippen molar-refractivity contribution in [3.8, 4) is 11.5 Å². The van der Waals surface area contributed by atoms with Crippen molar-refractivity contribution in [2.24, 2.45) is 0 Å². The summed E-state index contributed by atoms with van der Waals surface area (Å²) in [6.45, 7) is 0. The van der Waals surface area contributed by atoms with Gasteiger partial charge in [-0.1, -0.05) is 28.4 Å². The second-order valence-electron chi connectivity index (χ2n) is 4.59. The van der Waals surface area contributed by atoms with Crippen molar-refractivity contribution in [2.45, 2.75) is 43.2 Å². The molecule has 0 aromatic heterocycles. The summed E-state index contributed by atoms with van der Waals surface area (Å²) < 4.78 is 12.0. The smallest absolute Gasteiger partial charge is 0.251 e. The Morgan fingerprint density at radius 3 is 2.56 bits per heavy atom. The van der Waals surface area contributed by atoms with Crippen LogP contribution in [0.15, 0.2) is 18.2 Å². The maximum atomic E-state index is 6.03. The van der Waals surface area contributed by atoms with Gasteiger partial charge in [0.05, 0.1) is 0 Å². The number of fused-ring (bicyclic) bond motifs is 1. The molecule has 1 heterocycles. The van der Waals surface area contributed by atoms with E-state index in [4.69, 9.17) is 9.47 Å². The molecule has 0 saturated heterocycles. The fourth-order valence-corrected chi connectivity index (χ4v) is 2.86. The van der Waals surface area contributed by atoms with Crippen LogP contribution in [0.3, 0.4) is 0 Å². The highest BCUT2D eigenvalue weighted by atomic mass is 79.9. The molecule has 0 bridgehead atoms. The Morgan fingerprint density at radius 1 is 1.06 bits per heavy atom. The molecule has 1 aromatic rings. The van der Waals surface area contributed by atoms with Gasteiger partial charge in [-0.2, -0.15) is 0 Å². The topological polar surface area (TPSA) is 18.5 Å². The molecule has 1 fully saturated rings. The summed E-state index contributed by atoms with van der Waals surface area (Å²) in [6.07, 6.45) is 5.76. The first-order valence-electron chi connectivity index (χ1n) is 5.88. The lowest BCUT2D eigenvalue weighted by atomic mass is 9.94. The fraction of sp³-hybridized carbons (Fsp3) is 0.538. The van der Waals surface area contributed by atoms with Crippen LogP contribution in [0.25, 0.3) is 0 Å². The minimum absolute atomic E-state index is 0.342. The van der Waals surface area contributed by atoms with Crippen LogP contribution in [0.2, 0.25) is 0 Å². The van der Waals surface area contributed by atoms with Crippen LogP contribution in [0.5, 0.6) is 11.5 Å². The summed E-state index contributed by atoms with van der Waals surface area (Å²) in [4.78, 5) is 0. The monoisotopic (exact) mass is 282 g/mol. The SMILES string of the molecule is BrCc1ccc2c(c1)OC1(CCCCC1)O2. The minimum Gasteiger partial charge on any atom is -0.448 e. The molecule has 2 nitrogen and oxygen atoms in total. The molecule has 1 aromatic carbocycles. The quantitative estimate of drug-likeness (QED) is 0.725. The molecule has 1 aliphatic carbocycles. The van der Waals surface area contributed by atoms with E-state index in [1.54, 1.807) is 0 Å². The van der Waals surface area contributed by atoms with Gasteiger partial charge < -0.3 is 9.47 Å². The molecular formula is C13H15BrO2. The van der Waals surface area contributed by atoms with E-state index >= 15 is 0 Å². The number of rotatable bonds is 1. The zero-order valence-corrected chi connectivity index (χ0v) is 10.8. The highest BCUT2D eigenvalue weighted by Gasteiger charge is 2.42. The van der Waals surface area contributed by atoms with Crippen molar-refractivity contribution in [2.75, 3.05) is 0 Å². The van der Waals surface area contributed by atoms with Crippen LogP contribution in [0, 0.1) is 0 Å². The van der Waals surface area contributed by atoms with Gasteiger partial charge in [-0.15, -0.1) is 0 Å². The second kappa shape index (κ2) is 3.95. The molecule has 0 amide bonds. The first-order chi connectivity index (χ1) is 7.81. The molecule has 3 rings (SSSR count). The average molecular weight is 283 g/mol. The van der Waals surface area contributed by atoms with E-state index in [1.165, 1.54) is 24.8 Å². The maximum absolute atomic E-state index is 6.03. The fourth-order valence-electron chi connectivity index (χ4n) is 2.52. The molecule has 16 heavy (non-hydrogen) atoms. The summed E-state index contributed by atoms with van der Waals surface area (Å²) in [5.74, 6) is 1.48. The normalized spacial score (nSPS) is 21.3. The lowest BCUT2D eigenvalue weighted by Gasteiger charge is -2.31. The molecule has 0 unspecified atom stereocenters. The third kappa shape index (κ3) is 1.71. The summed E-state index contributed by atoms with van der Waals surface area (Å²) in [5, 5.41) is 0.858. The Bertz CT molecular complexity index is 397. The molecule has 1 saturated carbocycles. The third-order valence-electron chi connectivity index (χ3n) is 3.37. The first kappa shape index (κ1) is 10.5. The molecule has 0 N–H and O–H groups in total. The van der Waals surface area contributed by atoms with Crippen molar-refractivity contribution in [1.29, 1.82) is 0 Å². The van der Waals surface area contributed by atoms with Gasteiger partial charge in [0.15, 0.2) is 11.5 Å². The predicted molar refractivity (Wildman–Crippen MR) is 66.1 cm³/mol. The van der Waals surface area contributed by atoms with E-state index in [2.05, 4.69) is 28.1 Å². The van der Waals surface area contributed by atoms with Crippen LogP contribution in [-0.2, 0) is 5.33 Å². The molecule has 0 radical (unpaired) electrons. The van der Waals surface area contributed by atoms with Crippen LogP contribution in [0.1, 0.15) is 37.7 Å². The predicted octanol–water partition coefficient (Wildman–Crippen LogP) is 4.01. The van der Waals surface area contributed by atoms with Gasteiger partial charge >= 0.3 is 0 Å². The molecule has 2 aliphatic rings. The molecule has 0 atom stereocenters. The van der Waals surface area contributed by atoms with E-state index < -0.39 is 0 Å². The highest BCUT2D eigenvalue weighted by molar-refractivity contribution is 9.08. The summed E-state index contributed by atoms with van der Waals surface area (Å²) in [6, 6.07) is 6.18. The van der Waals surface area contributed by atoms with E-state index in [-0.39, 0.29) is 5.79 Å². The van der Waals surface area contributed by atoms with Crippen molar-refractivity contribution in [1.82, 2.24) is 0 Å². The number of halogens is 1. The van der Waals surface area contributed by atoms with Crippen molar-refractivity contribution in [3.05, 3.63) is 23.8 Å². The van der Waals surface area contributed by atoms with Gasteiger partial charge in [-0.05, 0) is 30.5 Å².